The SMILES string of the molecule is C/C(=N\Nc1ncc(C(F)(F)F)cc1Cl)c1ccc(Br)cc1Br. The number of hydrogen-bond acceptors (Lipinski definition) is 3. The summed E-state index contributed by atoms with van der Waals surface area (Å²) in [6.07, 6.45) is -3.79. The topological polar surface area (TPSA) is 37.3 Å². The van der Waals surface area contributed by atoms with Gasteiger partial charge in [0.15, 0.2) is 5.82 Å². The Hall–Kier alpha value is -1.12. The number of halogens is 6. The van der Waals surface area contributed by atoms with E-state index < -0.39 is 11.7 Å². The van der Waals surface area contributed by atoms with Gasteiger partial charge in [-0.1, -0.05) is 49.5 Å². The molecule has 0 spiro atoms. The van der Waals surface area contributed by atoms with Gasteiger partial charge in [0.2, 0.25) is 0 Å². The third-order valence-corrected chi connectivity index (χ3v) is 4.26. The van der Waals surface area contributed by atoms with Crippen LogP contribution in [0.2, 0.25) is 5.02 Å². The average Bonchev–Trinajstić information content (AvgIpc) is 2.44. The molecule has 1 N–H and O–H groups in total. The summed E-state index contributed by atoms with van der Waals surface area (Å²) in [6, 6.07) is 6.36. The minimum absolute atomic E-state index is 0.0484. The molecule has 1 aromatic carbocycles. The second-order valence-corrected chi connectivity index (χ2v) is 6.66. The molecule has 0 saturated carbocycles. The van der Waals surface area contributed by atoms with Crippen molar-refractivity contribution in [2.24, 2.45) is 5.10 Å². The van der Waals surface area contributed by atoms with Gasteiger partial charge in [0.25, 0.3) is 0 Å². The van der Waals surface area contributed by atoms with E-state index in [-0.39, 0.29) is 10.8 Å². The standard InChI is InChI=1S/C14H9Br2ClF3N3/c1-7(10-3-2-9(15)5-11(10)16)22-23-13-12(17)4-8(6-21-13)14(18,19)20/h2-6H,1H3,(H,21,23)/b22-7+. The fourth-order valence-corrected chi connectivity index (χ4v) is 3.20. The molecular formula is C14H9Br2ClF3N3. The lowest BCUT2D eigenvalue weighted by Crippen LogP contribution is -2.07. The number of aromatic nitrogens is 1. The molecule has 0 aliphatic heterocycles. The summed E-state index contributed by atoms with van der Waals surface area (Å²) in [5.41, 5.74) is 3.10. The molecule has 122 valence electrons. The van der Waals surface area contributed by atoms with E-state index in [0.717, 1.165) is 20.6 Å². The molecule has 3 nitrogen and oxygen atoms in total. The first-order valence-corrected chi connectivity index (χ1v) is 8.13. The van der Waals surface area contributed by atoms with Crippen molar-refractivity contribution in [3.8, 4) is 0 Å². The summed E-state index contributed by atoms with van der Waals surface area (Å²) in [6.45, 7) is 1.75. The van der Waals surface area contributed by atoms with Gasteiger partial charge < -0.3 is 0 Å². The number of hydrazone groups is 1. The lowest BCUT2D eigenvalue weighted by atomic mass is 10.1. The van der Waals surface area contributed by atoms with E-state index in [1.54, 1.807) is 6.92 Å². The molecular weight excluding hydrogens is 462 g/mol. The molecule has 0 atom stereocenters. The number of anilines is 1. The highest BCUT2D eigenvalue weighted by atomic mass is 79.9. The molecule has 0 aliphatic rings. The Bertz CT molecular complexity index is 763. The lowest BCUT2D eigenvalue weighted by molar-refractivity contribution is -0.137. The van der Waals surface area contributed by atoms with Gasteiger partial charge in [0, 0.05) is 20.7 Å². The zero-order valence-electron chi connectivity index (χ0n) is 11.5. The maximum atomic E-state index is 12.6. The highest BCUT2D eigenvalue weighted by Crippen LogP contribution is 2.32. The van der Waals surface area contributed by atoms with Crippen LogP contribution in [0.3, 0.4) is 0 Å². The number of benzene rings is 1. The van der Waals surface area contributed by atoms with Gasteiger partial charge in [0.1, 0.15) is 0 Å². The van der Waals surface area contributed by atoms with E-state index in [9.17, 15) is 13.2 Å². The summed E-state index contributed by atoms with van der Waals surface area (Å²) in [4.78, 5) is 3.66. The molecule has 9 heteroatoms. The Kier molecular flexibility index (Phi) is 5.70. The second-order valence-electron chi connectivity index (χ2n) is 4.49. The van der Waals surface area contributed by atoms with E-state index in [2.05, 4.69) is 47.4 Å². The molecule has 1 heterocycles. The third kappa shape index (κ3) is 4.68. The van der Waals surface area contributed by atoms with Gasteiger partial charge >= 0.3 is 6.18 Å². The maximum Gasteiger partial charge on any atom is 0.417 e. The quantitative estimate of drug-likeness (QED) is 0.433. The van der Waals surface area contributed by atoms with Gasteiger partial charge in [-0.15, -0.1) is 0 Å². The van der Waals surface area contributed by atoms with Crippen LogP contribution in [0, 0.1) is 0 Å². The van der Waals surface area contributed by atoms with Crippen LogP contribution in [0.25, 0.3) is 0 Å². The van der Waals surface area contributed by atoms with Crippen molar-refractivity contribution in [3.05, 3.63) is 55.6 Å². The maximum absolute atomic E-state index is 12.6. The predicted molar refractivity (Wildman–Crippen MR) is 91.9 cm³/mol. The molecule has 0 bridgehead atoms. The Balaban J connectivity index is 2.22. The smallest absolute Gasteiger partial charge is 0.260 e. The van der Waals surface area contributed by atoms with Gasteiger partial charge in [-0.2, -0.15) is 18.3 Å². The van der Waals surface area contributed by atoms with Crippen molar-refractivity contribution in [2.45, 2.75) is 13.1 Å². The summed E-state index contributed by atoms with van der Waals surface area (Å²) in [5, 5.41) is 3.94. The Labute approximate surface area is 152 Å². The molecule has 0 amide bonds. The van der Waals surface area contributed by atoms with E-state index >= 15 is 0 Å². The first-order valence-electron chi connectivity index (χ1n) is 6.17. The summed E-state index contributed by atoms with van der Waals surface area (Å²) in [7, 11) is 0. The zero-order chi connectivity index (χ0) is 17.2. The van der Waals surface area contributed by atoms with Gasteiger partial charge in [0.05, 0.1) is 16.3 Å². The van der Waals surface area contributed by atoms with Crippen LogP contribution in [0.5, 0.6) is 0 Å². The fourth-order valence-electron chi connectivity index (χ4n) is 1.66. The van der Waals surface area contributed by atoms with Gasteiger partial charge in [-0.05, 0) is 25.1 Å². The Morgan fingerprint density at radius 1 is 1.26 bits per heavy atom. The normalized spacial score (nSPS) is 12.4. The number of hydrogen-bond donors (Lipinski definition) is 1. The summed E-state index contributed by atoms with van der Waals surface area (Å²) >= 11 is 12.6. The van der Waals surface area contributed by atoms with Crippen LogP contribution in [-0.2, 0) is 6.18 Å². The van der Waals surface area contributed by atoms with Crippen molar-refractivity contribution in [2.75, 3.05) is 5.43 Å². The first-order chi connectivity index (χ1) is 10.7. The Morgan fingerprint density at radius 3 is 2.52 bits per heavy atom. The molecule has 0 radical (unpaired) electrons. The van der Waals surface area contributed by atoms with Crippen LogP contribution in [0.1, 0.15) is 18.1 Å². The Morgan fingerprint density at radius 2 is 1.96 bits per heavy atom. The van der Waals surface area contributed by atoms with Crippen LogP contribution in [0.15, 0.2) is 44.5 Å². The molecule has 2 rings (SSSR count). The van der Waals surface area contributed by atoms with Gasteiger partial charge in [-0.3, -0.25) is 5.43 Å². The van der Waals surface area contributed by atoms with Crippen molar-refractivity contribution >= 4 is 55.0 Å². The number of pyridine rings is 1. The monoisotopic (exact) mass is 469 g/mol. The van der Waals surface area contributed by atoms with Crippen molar-refractivity contribution in [3.63, 3.8) is 0 Å². The number of nitrogens with zero attached hydrogens (tertiary/aromatic N) is 2. The molecule has 1 aromatic heterocycles. The number of rotatable bonds is 3. The number of nitrogens with one attached hydrogen (secondary N) is 1. The molecule has 0 fully saturated rings. The molecule has 2 aromatic rings. The number of alkyl halides is 3. The van der Waals surface area contributed by atoms with Crippen molar-refractivity contribution < 1.29 is 13.2 Å². The minimum atomic E-state index is -4.49. The molecule has 23 heavy (non-hydrogen) atoms. The van der Waals surface area contributed by atoms with E-state index in [0.29, 0.717) is 11.9 Å². The van der Waals surface area contributed by atoms with E-state index in [1.165, 1.54) is 0 Å². The predicted octanol–water partition coefficient (Wildman–Crippen LogP) is 6.11. The molecule has 0 aliphatic carbocycles. The second kappa shape index (κ2) is 7.19. The van der Waals surface area contributed by atoms with E-state index in [1.807, 2.05) is 18.2 Å². The van der Waals surface area contributed by atoms with Crippen LogP contribution in [0.4, 0.5) is 19.0 Å². The van der Waals surface area contributed by atoms with Crippen molar-refractivity contribution in [1.82, 2.24) is 4.98 Å². The summed E-state index contributed by atoms with van der Waals surface area (Å²) < 4.78 is 39.4. The van der Waals surface area contributed by atoms with Crippen molar-refractivity contribution in [1.29, 1.82) is 0 Å². The third-order valence-electron chi connectivity index (χ3n) is 2.82. The fraction of sp³-hybridized carbons (Fsp3) is 0.143. The minimum Gasteiger partial charge on any atom is -0.260 e. The van der Waals surface area contributed by atoms with Crippen LogP contribution >= 0.6 is 43.5 Å². The lowest BCUT2D eigenvalue weighted by Gasteiger charge is -2.09. The van der Waals surface area contributed by atoms with Crippen LogP contribution in [-0.4, -0.2) is 10.7 Å². The molecule has 0 saturated heterocycles. The largest absolute Gasteiger partial charge is 0.417 e. The highest BCUT2D eigenvalue weighted by Gasteiger charge is 2.31. The molecule has 0 unspecified atom stereocenters. The summed E-state index contributed by atoms with van der Waals surface area (Å²) in [5.74, 6) is 0.0484. The van der Waals surface area contributed by atoms with Gasteiger partial charge in [-0.25, -0.2) is 4.98 Å². The zero-order valence-corrected chi connectivity index (χ0v) is 15.5. The van der Waals surface area contributed by atoms with E-state index in [4.69, 9.17) is 11.6 Å². The highest BCUT2D eigenvalue weighted by molar-refractivity contribution is 9.11. The first kappa shape index (κ1) is 18.2. The van der Waals surface area contributed by atoms with Crippen LogP contribution < -0.4 is 5.43 Å². The average molecular weight is 472 g/mol.